The van der Waals surface area contributed by atoms with Gasteiger partial charge in [0.2, 0.25) is 0 Å². The monoisotopic (exact) mass is 257 g/mol. The van der Waals surface area contributed by atoms with Crippen molar-refractivity contribution >= 4 is 0 Å². The lowest BCUT2D eigenvalue weighted by atomic mass is 10.1. The minimum atomic E-state index is 0.882. The summed E-state index contributed by atoms with van der Waals surface area (Å²) in [6.45, 7) is 14.6. The molecule has 0 amide bonds. The van der Waals surface area contributed by atoms with E-state index in [0.29, 0.717) is 0 Å². The van der Waals surface area contributed by atoms with E-state index in [1.165, 1.54) is 16.7 Å². The van der Waals surface area contributed by atoms with Crippen LogP contribution in [-0.2, 0) is 0 Å². The minimum absolute atomic E-state index is 0.882. The van der Waals surface area contributed by atoms with Gasteiger partial charge in [-0.3, -0.25) is 0 Å². The van der Waals surface area contributed by atoms with Crippen LogP contribution in [0.25, 0.3) is 0 Å². The molecule has 0 aromatic carbocycles. The first kappa shape index (κ1) is 15.6. The lowest BCUT2D eigenvalue weighted by Crippen LogP contribution is -2.10. The zero-order valence-corrected chi connectivity index (χ0v) is 12.7. The standard InChI is InChI=1S/C18H27N/c1-6-14(4)19-15(5)11-18-10-9-16(7-2)12-17(8-3)13-18/h10,12-13,19H,4-9,11H2,1-3H3. The predicted octanol–water partition coefficient (Wildman–Crippen LogP) is 5.41. The molecule has 0 heterocycles. The van der Waals surface area contributed by atoms with E-state index in [-0.39, 0.29) is 0 Å². The second-order valence-electron chi connectivity index (χ2n) is 5.07. The smallest absolute Gasteiger partial charge is 0.0120 e. The molecule has 1 aliphatic rings. The third kappa shape index (κ3) is 5.34. The number of rotatable bonds is 7. The molecule has 0 saturated carbocycles. The van der Waals surface area contributed by atoms with Crippen molar-refractivity contribution < 1.29 is 0 Å². The number of nitrogens with one attached hydrogen (secondary N) is 1. The highest BCUT2D eigenvalue weighted by Gasteiger charge is 2.05. The van der Waals surface area contributed by atoms with E-state index in [0.717, 1.165) is 43.5 Å². The Labute approximate surface area is 118 Å². The molecule has 19 heavy (non-hydrogen) atoms. The quantitative estimate of drug-likeness (QED) is 0.643. The SMILES string of the molecule is C=C(CC)NC(=C)CC1=CCC(CC)=CC(CC)=C1. The van der Waals surface area contributed by atoms with Crippen molar-refractivity contribution in [3.8, 4) is 0 Å². The lowest BCUT2D eigenvalue weighted by Gasteiger charge is -2.11. The summed E-state index contributed by atoms with van der Waals surface area (Å²) in [4.78, 5) is 0. The van der Waals surface area contributed by atoms with Gasteiger partial charge in [-0.2, -0.15) is 0 Å². The van der Waals surface area contributed by atoms with Crippen LogP contribution in [-0.4, -0.2) is 0 Å². The minimum Gasteiger partial charge on any atom is -0.363 e. The van der Waals surface area contributed by atoms with Gasteiger partial charge in [0.05, 0.1) is 0 Å². The van der Waals surface area contributed by atoms with Gasteiger partial charge in [-0.25, -0.2) is 0 Å². The van der Waals surface area contributed by atoms with Gasteiger partial charge < -0.3 is 5.32 Å². The van der Waals surface area contributed by atoms with Crippen LogP contribution in [0.15, 0.2) is 59.5 Å². The zero-order valence-electron chi connectivity index (χ0n) is 12.7. The van der Waals surface area contributed by atoms with Crippen molar-refractivity contribution in [1.29, 1.82) is 0 Å². The van der Waals surface area contributed by atoms with E-state index in [1.807, 2.05) is 0 Å². The van der Waals surface area contributed by atoms with Crippen LogP contribution in [0.1, 0.15) is 52.9 Å². The summed E-state index contributed by atoms with van der Waals surface area (Å²) in [5.41, 5.74) is 6.36. The lowest BCUT2D eigenvalue weighted by molar-refractivity contribution is 0.865. The second kappa shape index (κ2) is 7.83. The van der Waals surface area contributed by atoms with Crippen molar-refractivity contribution in [1.82, 2.24) is 5.32 Å². The van der Waals surface area contributed by atoms with Crippen LogP contribution >= 0.6 is 0 Å². The van der Waals surface area contributed by atoms with Crippen LogP contribution in [0, 0.1) is 0 Å². The third-order valence-corrected chi connectivity index (χ3v) is 3.45. The summed E-state index contributed by atoms with van der Waals surface area (Å²) in [5.74, 6) is 0. The predicted molar refractivity (Wildman–Crippen MR) is 85.8 cm³/mol. The molecule has 0 unspecified atom stereocenters. The number of hydrogen-bond acceptors (Lipinski definition) is 1. The van der Waals surface area contributed by atoms with E-state index in [4.69, 9.17) is 0 Å². The average Bonchev–Trinajstić information content (AvgIpc) is 2.60. The van der Waals surface area contributed by atoms with Crippen molar-refractivity contribution in [2.75, 3.05) is 0 Å². The van der Waals surface area contributed by atoms with Crippen molar-refractivity contribution in [2.24, 2.45) is 0 Å². The molecule has 0 saturated heterocycles. The molecular formula is C18H27N. The number of allylic oxidation sites excluding steroid dienone is 7. The summed E-state index contributed by atoms with van der Waals surface area (Å²) in [7, 11) is 0. The van der Waals surface area contributed by atoms with Crippen molar-refractivity contribution in [2.45, 2.75) is 52.9 Å². The third-order valence-electron chi connectivity index (χ3n) is 3.45. The number of hydrogen-bond donors (Lipinski definition) is 1. The van der Waals surface area contributed by atoms with Crippen LogP contribution in [0.3, 0.4) is 0 Å². The molecule has 0 fully saturated rings. The first-order valence-electron chi connectivity index (χ1n) is 7.30. The van der Waals surface area contributed by atoms with Crippen LogP contribution in [0.5, 0.6) is 0 Å². The Hall–Kier alpha value is -1.50. The van der Waals surface area contributed by atoms with E-state index in [2.05, 4.69) is 57.5 Å². The van der Waals surface area contributed by atoms with Gasteiger partial charge in [0.15, 0.2) is 0 Å². The van der Waals surface area contributed by atoms with Gasteiger partial charge in [0.25, 0.3) is 0 Å². The zero-order chi connectivity index (χ0) is 14.3. The summed E-state index contributed by atoms with van der Waals surface area (Å²) in [5, 5.41) is 3.28. The summed E-state index contributed by atoms with van der Waals surface area (Å²) in [6, 6.07) is 0. The van der Waals surface area contributed by atoms with Gasteiger partial charge in [0.1, 0.15) is 0 Å². The largest absolute Gasteiger partial charge is 0.363 e. The Morgan fingerprint density at radius 1 is 1.05 bits per heavy atom. The summed E-state index contributed by atoms with van der Waals surface area (Å²) >= 11 is 0. The molecule has 1 rings (SSSR count). The molecular weight excluding hydrogens is 230 g/mol. The molecule has 0 radical (unpaired) electrons. The van der Waals surface area contributed by atoms with Crippen LogP contribution in [0.2, 0.25) is 0 Å². The van der Waals surface area contributed by atoms with Crippen LogP contribution < -0.4 is 5.32 Å². The van der Waals surface area contributed by atoms with Gasteiger partial charge in [-0.15, -0.1) is 0 Å². The maximum Gasteiger partial charge on any atom is 0.0120 e. The maximum atomic E-state index is 4.10. The first-order chi connectivity index (χ1) is 9.08. The Morgan fingerprint density at radius 3 is 2.37 bits per heavy atom. The van der Waals surface area contributed by atoms with E-state index in [9.17, 15) is 0 Å². The first-order valence-corrected chi connectivity index (χ1v) is 7.30. The maximum absolute atomic E-state index is 4.10. The Morgan fingerprint density at radius 2 is 1.79 bits per heavy atom. The molecule has 0 atom stereocenters. The van der Waals surface area contributed by atoms with E-state index >= 15 is 0 Å². The Kier molecular flexibility index (Phi) is 6.41. The molecule has 1 nitrogen and oxygen atoms in total. The molecule has 0 aliphatic heterocycles. The summed E-state index contributed by atoms with van der Waals surface area (Å²) in [6.07, 6.45) is 12.1. The normalized spacial score (nSPS) is 15.0. The van der Waals surface area contributed by atoms with E-state index in [1.54, 1.807) is 0 Å². The molecule has 1 aliphatic carbocycles. The highest BCUT2D eigenvalue weighted by Crippen LogP contribution is 2.23. The molecule has 0 aromatic rings. The van der Waals surface area contributed by atoms with Gasteiger partial charge in [-0.1, -0.05) is 57.7 Å². The Bertz CT molecular complexity index is 433. The Balaban J connectivity index is 2.71. The van der Waals surface area contributed by atoms with Gasteiger partial charge >= 0.3 is 0 Å². The highest BCUT2D eigenvalue weighted by molar-refractivity contribution is 5.38. The second-order valence-corrected chi connectivity index (χ2v) is 5.07. The topological polar surface area (TPSA) is 12.0 Å². The van der Waals surface area contributed by atoms with Crippen molar-refractivity contribution in [3.63, 3.8) is 0 Å². The average molecular weight is 257 g/mol. The molecule has 104 valence electrons. The fraction of sp³-hybridized carbons (Fsp3) is 0.444. The van der Waals surface area contributed by atoms with Crippen LogP contribution in [0.4, 0.5) is 0 Å². The van der Waals surface area contributed by atoms with E-state index < -0.39 is 0 Å². The van der Waals surface area contributed by atoms with Gasteiger partial charge in [-0.05, 0) is 36.8 Å². The molecule has 0 aromatic heterocycles. The van der Waals surface area contributed by atoms with Gasteiger partial charge in [0, 0.05) is 17.8 Å². The molecule has 0 spiro atoms. The highest BCUT2D eigenvalue weighted by atomic mass is 14.9. The fourth-order valence-corrected chi connectivity index (χ4v) is 2.12. The molecule has 0 bridgehead atoms. The fourth-order valence-electron chi connectivity index (χ4n) is 2.12. The summed E-state index contributed by atoms with van der Waals surface area (Å²) < 4.78 is 0. The molecule has 1 N–H and O–H groups in total. The molecule has 1 heteroatoms. The van der Waals surface area contributed by atoms with Crippen molar-refractivity contribution in [3.05, 3.63) is 59.5 Å².